The van der Waals surface area contributed by atoms with Gasteiger partial charge >= 0.3 is 37.1 Å². The smallest absolute Gasteiger partial charge is 0.394 e. The number of nitrogens with zero attached hydrogens (tertiary/aromatic N) is 20. The van der Waals surface area contributed by atoms with Crippen LogP contribution in [0.2, 0.25) is 0 Å². The zero-order chi connectivity index (χ0) is 92.9. The maximum atomic E-state index is 13.4. The van der Waals surface area contributed by atoms with Gasteiger partial charge in [0.25, 0.3) is 29.5 Å². The van der Waals surface area contributed by atoms with Crippen molar-refractivity contribution in [2.45, 2.75) is 50.1 Å². The van der Waals surface area contributed by atoms with Crippen molar-refractivity contribution in [2.75, 3.05) is 77.1 Å². The van der Waals surface area contributed by atoms with Crippen molar-refractivity contribution in [3.05, 3.63) is 270 Å². The second kappa shape index (κ2) is 39.4. The van der Waals surface area contributed by atoms with Crippen LogP contribution < -0.4 is 0 Å². The van der Waals surface area contributed by atoms with Crippen LogP contribution in [0.1, 0.15) is 80.9 Å². The number of aliphatic hydroxyl groups excluding tert-OH is 1. The third-order valence-electron chi connectivity index (χ3n) is 17.1. The van der Waals surface area contributed by atoms with Crippen molar-refractivity contribution in [3.8, 4) is 73.5 Å². The predicted molar refractivity (Wildman–Crippen MR) is 420 cm³/mol. The first-order valence-corrected chi connectivity index (χ1v) is 36.5. The van der Waals surface area contributed by atoms with Crippen LogP contribution in [0.4, 0.5) is 79.0 Å². The van der Waals surface area contributed by atoms with Crippen LogP contribution in [0.5, 0.6) is 0 Å². The van der Waals surface area contributed by atoms with E-state index >= 15 is 0 Å². The number of amides is 5. The van der Waals surface area contributed by atoms with Gasteiger partial charge in [0.1, 0.15) is 57.8 Å². The van der Waals surface area contributed by atoms with Crippen molar-refractivity contribution in [2.24, 2.45) is 0 Å². The number of aliphatic hydroxyl groups is 1. The standard InChI is InChI=1S/3C18H15F3N4O.C14H12F6N4O.C14H15F3N4O2/c1-24(2)17(26)14-10-6-9-13(22-14)15-11-16(18(19,20)21)25(23-15)12-7-4-3-5-8-12;1-24(2)17(26)15-10-12(8-9-22-15)14-11-16(18(19,20)21)25(23-14)13-6-4-3-5-7-13;1-24(2)17(26)14-10-12(8-9-22-14)15-11-16(18(19,20)21)23-25(15)13-6-4-3-5-7-13;1-23(2)12(25)9-5-8(3-4-21-9)10-6-11(14(18,19)20)22-24(10)7-13(15,16)17;1-20(2)13(23)11-7-9(3-4-18-11)10-8-12(14(15,16)17)21(19-10)5-6-22/h3*3-11H,1-2H3;3-6H,7H2,1-2H3;3-4,7-8,22H,5-6H2,1-2H3. The largest absolute Gasteiger partial charge is 0.435 e. The van der Waals surface area contributed by atoms with E-state index in [0.29, 0.717) is 38.8 Å². The van der Waals surface area contributed by atoms with Gasteiger partial charge in [0.05, 0.1) is 58.7 Å². The average Bonchev–Trinajstić information content (AvgIpc) is 1.66. The fourth-order valence-electron chi connectivity index (χ4n) is 11.3. The van der Waals surface area contributed by atoms with Gasteiger partial charge in [-0.1, -0.05) is 60.7 Å². The molecule has 13 rings (SSSR count). The lowest BCUT2D eigenvalue weighted by Gasteiger charge is -2.12. The molecule has 0 radical (unpaired) electrons. The fourth-order valence-corrected chi connectivity index (χ4v) is 11.3. The zero-order valence-electron chi connectivity index (χ0n) is 67.6. The van der Waals surface area contributed by atoms with Crippen molar-refractivity contribution in [3.63, 3.8) is 0 Å². The number of rotatable bonds is 16. The first-order valence-electron chi connectivity index (χ1n) is 36.5. The number of aromatic nitrogens is 15. The molecule has 0 saturated carbocycles. The topological polar surface area (TPSA) is 275 Å². The van der Waals surface area contributed by atoms with Gasteiger partial charge < -0.3 is 29.6 Å². The minimum atomic E-state index is -4.90. The van der Waals surface area contributed by atoms with Gasteiger partial charge in [-0.2, -0.15) is 105 Å². The highest BCUT2D eigenvalue weighted by molar-refractivity contribution is 5.95. The highest BCUT2D eigenvalue weighted by atomic mass is 19.4. The molecule has 0 fully saturated rings. The molecule has 0 atom stereocenters. The number of hydrogen-bond acceptors (Lipinski definition) is 16. The highest BCUT2D eigenvalue weighted by Gasteiger charge is 2.42. The first-order chi connectivity index (χ1) is 58.9. The van der Waals surface area contributed by atoms with E-state index in [1.165, 1.54) is 123 Å². The summed E-state index contributed by atoms with van der Waals surface area (Å²) in [7, 11) is 15.4. The Morgan fingerprint density at radius 1 is 0.310 bits per heavy atom. The monoisotopic (exact) mass is 1770 g/mol. The molecule has 0 saturated heterocycles. The summed E-state index contributed by atoms with van der Waals surface area (Å²) in [6.07, 6.45) is -22.8. The SMILES string of the molecule is CN(C)C(=O)c1cc(-c2cc(C(F)(F)F)n(-c3ccccc3)n2)ccn1.CN(C)C(=O)c1cc(-c2cc(C(F)(F)F)n(CCO)n2)ccn1.CN(C)C(=O)c1cc(-c2cc(C(F)(F)F)nn2-c2ccccc2)ccn1.CN(C)C(=O)c1cc(-c2cc(C(F)(F)F)nn2CC(F)(F)F)ccn1.CN(C)C(=O)c1cccc(-c2cc(C(F)(F)F)n(-c3ccccc3)n2)n1. The Morgan fingerprint density at radius 3 is 1.02 bits per heavy atom. The van der Waals surface area contributed by atoms with Crippen LogP contribution >= 0.6 is 0 Å². The van der Waals surface area contributed by atoms with Crippen LogP contribution in [0, 0.1) is 0 Å². The molecule has 13 aromatic rings. The van der Waals surface area contributed by atoms with Gasteiger partial charge in [-0.3, -0.25) is 53.3 Å². The Hall–Kier alpha value is -14.5. The van der Waals surface area contributed by atoms with E-state index < -0.39 is 90.3 Å². The molecule has 662 valence electrons. The lowest BCUT2D eigenvalue weighted by Crippen LogP contribution is -2.23. The van der Waals surface area contributed by atoms with Gasteiger partial charge in [0, 0.05) is 118 Å². The van der Waals surface area contributed by atoms with E-state index in [0.717, 1.165) is 45.9 Å². The molecular weight excluding hydrogens is 1700 g/mol. The molecule has 10 heterocycles. The van der Waals surface area contributed by atoms with E-state index in [4.69, 9.17) is 5.11 Å². The molecule has 0 aliphatic carbocycles. The van der Waals surface area contributed by atoms with Crippen LogP contribution in [-0.2, 0) is 44.0 Å². The van der Waals surface area contributed by atoms with E-state index in [2.05, 4.69) is 50.4 Å². The Bertz CT molecular complexity index is 5800. The lowest BCUT2D eigenvalue weighted by molar-refractivity contribution is -0.148. The van der Waals surface area contributed by atoms with Gasteiger partial charge in [0.2, 0.25) is 0 Å². The molecule has 126 heavy (non-hydrogen) atoms. The van der Waals surface area contributed by atoms with E-state index in [1.807, 2.05) is 0 Å². The molecule has 0 aliphatic heterocycles. The number of carbonyl (C=O) groups is 5. The number of carbonyl (C=O) groups excluding carboxylic acids is 5. The van der Waals surface area contributed by atoms with Gasteiger partial charge in [0.15, 0.2) is 11.4 Å². The van der Waals surface area contributed by atoms with Crippen molar-refractivity contribution < 1.29 is 108 Å². The van der Waals surface area contributed by atoms with Crippen LogP contribution in [0.25, 0.3) is 73.5 Å². The summed E-state index contributed by atoms with van der Waals surface area (Å²) >= 11 is 0. The minimum Gasteiger partial charge on any atom is -0.394 e. The zero-order valence-corrected chi connectivity index (χ0v) is 67.6. The molecule has 26 nitrogen and oxygen atoms in total. The number of para-hydroxylation sites is 3. The summed E-state index contributed by atoms with van der Waals surface area (Å²) in [5.74, 6) is -1.93. The van der Waals surface area contributed by atoms with E-state index in [1.54, 1.807) is 147 Å². The second-order valence-electron chi connectivity index (χ2n) is 27.6. The Labute approximate surface area is 703 Å². The first kappa shape index (κ1) is 95.3. The number of halogens is 18. The molecular formula is C82H72F18N20O6. The summed E-state index contributed by atoms with van der Waals surface area (Å²) in [6, 6.07) is 44.6. The average molecular weight is 1780 g/mol. The molecule has 0 spiro atoms. The Kier molecular flexibility index (Phi) is 29.8. The summed E-state index contributed by atoms with van der Waals surface area (Å²) < 4.78 is 239. The molecule has 5 amide bonds. The predicted octanol–water partition coefficient (Wildman–Crippen LogP) is 15.9. The molecule has 1 N–H and O–H groups in total. The molecule has 10 aromatic heterocycles. The molecule has 3 aromatic carbocycles. The maximum absolute atomic E-state index is 13.4. The number of alkyl halides is 18. The second-order valence-corrected chi connectivity index (χ2v) is 27.6. The van der Waals surface area contributed by atoms with Crippen molar-refractivity contribution in [1.82, 2.24) is 98.3 Å². The number of pyridine rings is 5. The van der Waals surface area contributed by atoms with Crippen LogP contribution in [-0.4, -0.2) is 216 Å². The van der Waals surface area contributed by atoms with Crippen LogP contribution in [0.3, 0.4) is 0 Å². The van der Waals surface area contributed by atoms with Crippen molar-refractivity contribution in [1.29, 1.82) is 0 Å². The highest BCUT2D eigenvalue weighted by Crippen LogP contribution is 2.40. The quantitative estimate of drug-likeness (QED) is 0.0880. The summed E-state index contributed by atoms with van der Waals surface area (Å²) in [5, 5.41) is 27.6. The van der Waals surface area contributed by atoms with E-state index in [9.17, 15) is 103 Å². The molecule has 0 bridgehead atoms. The lowest BCUT2D eigenvalue weighted by atomic mass is 10.1. The summed E-state index contributed by atoms with van der Waals surface area (Å²) in [6.45, 7) is -2.44. The van der Waals surface area contributed by atoms with Gasteiger partial charge in [-0.15, -0.1) is 0 Å². The van der Waals surface area contributed by atoms with Gasteiger partial charge in [-0.25, -0.2) is 19.0 Å². The van der Waals surface area contributed by atoms with E-state index in [-0.39, 0.29) is 103 Å². The van der Waals surface area contributed by atoms with Crippen LogP contribution in [0.15, 0.2) is 213 Å². The maximum Gasteiger partial charge on any atom is 0.435 e. The fraction of sp³-hybridized carbons (Fsp3) is 0.232. The molecule has 0 aliphatic rings. The number of hydrogen-bond donors (Lipinski definition) is 1. The normalized spacial score (nSPS) is 11.6. The summed E-state index contributed by atoms with van der Waals surface area (Å²) in [5.41, 5.74) is -2.46. The summed E-state index contributed by atoms with van der Waals surface area (Å²) in [4.78, 5) is 86.3. The third-order valence-corrected chi connectivity index (χ3v) is 17.1. The minimum absolute atomic E-state index is 0.0348. The Balaban J connectivity index is 0.000000178. The third kappa shape index (κ3) is 24.5. The number of benzene rings is 3. The Morgan fingerprint density at radius 2 is 0.643 bits per heavy atom. The molecule has 44 heteroatoms. The van der Waals surface area contributed by atoms with Crippen molar-refractivity contribution >= 4 is 29.5 Å². The van der Waals surface area contributed by atoms with Gasteiger partial charge in [-0.05, 0) is 127 Å². The molecule has 0 unspecified atom stereocenters.